The molecule has 2 atom stereocenters. The molecule has 0 saturated heterocycles. The van der Waals surface area contributed by atoms with Crippen LogP contribution in [0.1, 0.15) is 52.8 Å². The Morgan fingerprint density at radius 3 is 3.04 bits per heavy atom. The van der Waals surface area contributed by atoms with Crippen molar-refractivity contribution in [1.29, 1.82) is 0 Å². The third-order valence-corrected chi connectivity index (χ3v) is 4.97. The average Bonchev–Trinajstić information content (AvgIpc) is 3.40. The number of nitrogens with one attached hydrogen (secondary N) is 1. The molecule has 0 fully saturated rings. The van der Waals surface area contributed by atoms with Gasteiger partial charge < -0.3 is 14.9 Å². The molecule has 2 aromatic heterocycles. The zero-order chi connectivity index (χ0) is 19.0. The van der Waals surface area contributed by atoms with Crippen LogP contribution in [0, 0.1) is 0 Å². The highest BCUT2D eigenvalue weighted by Crippen LogP contribution is 2.34. The van der Waals surface area contributed by atoms with Crippen LogP contribution < -0.4 is 5.32 Å². The number of rotatable bonds is 5. The summed E-state index contributed by atoms with van der Waals surface area (Å²) in [6, 6.07) is 7.68. The van der Waals surface area contributed by atoms with E-state index in [-0.39, 0.29) is 24.5 Å². The molecule has 8 nitrogen and oxygen atoms in total. The Morgan fingerprint density at radius 1 is 1.44 bits per heavy atom. The first-order chi connectivity index (χ1) is 13.1. The Kier molecular flexibility index (Phi) is 4.49. The summed E-state index contributed by atoms with van der Waals surface area (Å²) in [5.41, 5.74) is 3.69. The van der Waals surface area contributed by atoms with Gasteiger partial charge in [0, 0.05) is 18.8 Å². The lowest BCUT2D eigenvalue weighted by Gasteiger charge is -2.14. The lowest BCUT2D eigenvalue weighted by atomic mass is 10.0. The van der Waals surface area contributed by atoms with Crippen LogP contribution in [-0.2, 0) is 13.5 Å². The van der Waals surface area contributed by atoms with Gasteiger partial charge in [-0.25, -0.2) is 0 Å². The molecule has 1 aliphatic carbocycles. The number of aliphatic hydroxyl groups is 1. The quantitative estimate of drug-likeness (QED) is 0.714. The minimum Gasteiger partial charge on any atom is -0.396 e. The third-order valence-electron chi connectivity index (χ3n) is 4.97. The number of hydrogen-bond donors (Lipinski definition) is 2. The number of aliphatic hydroxyl groups excluding tert-OH is 1. The van der Waals surface area contributed by atoms with E-state index in [1.807, 2.05) is 25.1 Å². The lowest BCUT2D eigenvalue weighted by molar-refractivity contribution is 0.0927. The first-order valence-corrected chi connectivity index (χ1v) is 8.93. The topological polar surface area (TPSA) is 106 Å². The van der Waals surface area contributed by atoms with Gasteiger partial charge in [-0.15, -0.1) is 0 Å². The molecular formula is C19H21N5O3. The number of fused-ring (bicyclic) bond motifs is 1. The van der Waals surface area contributed by atoms with Crippen molar-refractivity contribution >= 4 is 5.91 Å². The average molecular weight is 367 g/mol. The van der Waals surface area contributed by atoms with E-state index in [2.05, 4.69) is 20.6 Å². The molecule has 27 heavy (non-hydrogen) atoms. The third kappa shape index (κ3) is 3.23. The number of amides is 1. The van der Waals surface area contributed by atoms with Crippen LogP contribution in [0.3, 0.4) is 0 Å². The second-order valence-electron chi connectivity index (χ2n) is 6.86. The molecule has 1 aromatic carbocycles. The minimum absolute atomic E-state index is 0.0216. The summed E-state index contributed by atoms with van der Waals surface area (Å²) in [5.74, 6) is 0.620. The maximum Gasteiger partial charge on any atom is 0.270 e. The van der Waals surface area contributed by atoms with Crippen molar-refractivity contribution < 1.29 is 14.4 Å². The van der Waals surface area contributed by atoms with E-state index in [4.69, 9.17) is 4.52 Å². The summed E-state index contributed by atoms with van der Waals surface area (Å²) in [7, 11) is 1.75. The maximum absolute atomic E-state index is 12.5. The Hall–Kier alpha value is -3.00. The zero-order valence-electron chi connectivity index (χ0n) is 15.2. The predicted molar refractivity (Wildman–Crippen MR) is 97.0 cm³/mol. The van der Waals surface area contributed by atoms with Crippen LogP contribution in [0.4, 0.5) is 0 Å². The molecule has 4 rings (SSSR count). The summed E-state index contributed by atoms with van der Waals surface area (Å²) in [6.45, 7) is 1.79. The molecule has 3 aromatic rings. The Labute approximate surface area is 156 Å². The standard InChI is InChI=1S/C19H21N5O3/c1-11(10-25)19-22-17(23-27-19)13-3-5-14-12(9-13)4-6-15(14)21-18(26)16-7-8-20-24(16)2/h3,5,7-9,11,15,25H,4,6,10H2,1-2H3,(H,21,26)/t11?,15-/m1/s1. The largest absolute Gasteiger partial charge is 0.396 e. The maximum atomic E-state index is 12.5. The number of benzene rings is 1. The van der Waals surface area contributed by atoms with Gasteiger partial charge in [-0.3, -0.25) is 9.48 Å². The fourth-order valence-electron chi connectivity index (χ4n) is 3.37. The second-order valence-corrected chi connectivity index (χ2v) is 6.86. The fraction of sp³-hybridized carbons (Fsp3) is 0.368. The van der Waals surface area contributed by atoms with Gasteiger partial charge in [0.15, 0.2) is 0 Å². The molecule has 0 aliphatic heterocycles. The van der Waals surface area contributed by atoms with Crippen molar-refractivity contribution in [1.82, 2.24) is 25.2 Å². The van der Waals surface area contributed by atoms with Crippen LogP contribution in [0.2, 0.25) is 0 Å². The van der Waals surface area contributed by atoms with Gasteiger partial charge in [0.25, 0.3) is 5.91 Å². The van der Waals surface area contributed by atoms with Crippen LogP contribution >= 0.6 is 0 Å². The van der Waals surface area contributed by atoms with Crippen molar-refractivity contribution in [2.45, 2.75) is 31.7 Å². The number of aromatic nitrogens is 4. The Balaban J connectivity index is 1.53. The van der Waals surface area contributed by atoms with Gasteiger partial charge in [0.05, 0.1) is 18.6 Å². The molecule has 0 bridgehead atoms. The van der Waals surface area contributed by atoms with Crippen molar-refractivity contribution in [2.75, 3.05) is 6.61 Å². The first kappa shape index (κ1) is 17.4. The van der Waals surface area contributed by atoms with Crippen molar-refractivity contribution in [2.24, 2.45) is 7.05 Å². The molecule has 2 N–H and O–H groups in total. The van der Waals surface area contributed by atoms with E-state index in [9.17, 15) is 9.90 Å². The highest BCUT2D eigenvalue weighted by atomic mass is 16.5. The summed E-state index contributed by atoms with van der Waals surface area (Å²) in [5, 5.41) is 20.4. The predicted octanol–water partition coefficient (Wildman–Crippen LogP) is 1.98. The summed E-state index contributed by atoms with van der Waals surface area (Å²) in [6.07, 6.45) is 3.33. The SMILES string of the molecule is CC(CO)c1nc(-c2ccc3c(c2)CC[C@H]3NC(=O)c2ccnn2C)no1. The highest BCUT2D eigenvalue weighted by Gasteiger charge is 2.26. The first-order valence-electron chi connectivity index (χ1n) is 8.93. The molecule has 0 saturated carbocycles. The van der Waals surface area contributed by atoms with E-state index in [1.165, 1.54) is 5.56 Å². The van der Waals surface area contributed by atoms with Gasteiger partial charge in [0.1, 0.15) is 5.69 Å². The number of aryl methyl sites for hydroxylation is 2. The molecule has 1 unspecified atom stereocenters. The van der Waals surface area contributed by atoms with Crippen molar-refractivity contribution in [3.8, 4) is 11.4 Å². The Morgan fingerprint density at radius 2 is 2.30 bits per heavy atom. The molecule has 1 amide bonds. The van der Waals surface area contributed by atoms with Crippen LogP contribution in [0.15, 0.2) is 35.0 Å². The minimum atomic E-state index is -0.188. The van der Waals surface area contributed by atoms with Crippen molar-refractivity contribution in [3.63, 3.8) is 0 Å². The van der Waals surface area contributed by atoms with Gasteiger partial charge in [0.2, 0.25) is 11.7 Å². The number of nitrogens with zero attached hydrogens (tertiary/aromatic N) is 4. The smallest absolute Gasteiger partial charge is 0.270 e. The number of hydrogen-bond acceptors (Lipinski definition) is 6. The van der Waals surface area contributed by atoms with E-state index < -0.39 is 0 Å². The van der Waals surface area contributed by atoms with E-state index in [0.717, 1.165) is 24.0 Å². The van der Waals surface area contributed by atoms with E-state index in [0.29, 0.717) is 17.4 Å². The second kappa shape index (κ2) is 6.96. The van der Waals surface area contributed by atoms with E-state index >= 15 is 0 Å². The van der Waals surface area contributed by atoms with Crippen LogP contribution in [0.5, 0.6) is 0 Å². The fourth-order valence-corrected chi connectivity index (χ4v) is 3.37. The monoisotopic (exact) mass is 367 g/mol. The van der Waals surface area contributed by atoms with Gasteiger partial charge in [-0.1, -0.05) is 24.2 Å². The van der Waals surface area contributed by atoms with Gasteiger partial charge >= 0.3 is 0 Å². The normalized spacial score (nSPS) is 16.9. The molecule has 2 heterocycles. The lowest BCUT2D eigenvalue weighted by Crippen LogP contribution is -2.28. The van der Waals surface area contributed by atoms with Crippen molar-refractivity contribution in [3.05, 3.63) is 53.2 Å². The summed E-state index contributed by atoms with van der Waals surface area (Å²) in [4.78, 5) is 16.8. The van der Waals surface area contributed by atoms with E-state index in [1.54, 1.807) is 24.0 Å². The van der Waals surface area contributed by atoms with Crippen LogP contribution in [0.25, 0.3) is 11.4 Å². The number of carbonyl (C=O) groups is 1. The Bertz CT molecular complexity index is 977. The van der Waals surface area contributed by atoms with Gasteiger partial charge in [-0.05, 0) is 36.1 Å². The zero-order valence-corrected chi connectivity index (χ0v) is 15.2. The molecular weight excluding hydrogens is 346 g/mol. The van der Waals surface area contributed by atoms with Crippen LogP contribution in [-0.4, -0.2) is 37.5 Å². The molecule has 140 valence electrons. The molecule has 0 radical (unpaired) electrons. The molecule has 8 heteroatoms. The highest BCUT2D eigenvalue weighted by molar-refractivity contribution is 5.92. The molecule has 0 spiro atoms. The van der Waals surface area contributed by atoms with Gasteiger partial charge in [-0.2, -0.15) is 10.1 Å². The number of carbonyl (C=O) groups excluding carboxylic acids is 1. The summed E-state index contributed by atoms with van der Waals surface area (Å²) >= 11 is 0. The molecule has 1 aliphatic rings. The summed E-state index contributed by atoms with van der Waals surface area (Å²) < 4.78 is 6.80.